The summed E-state index contributed by atoms with van der Waals surface area (Å²) < 4.78 is 6.61. The number of esters is 1. The van der Waals surface area contributed by atoms with Crippen molar-refractivity contribution in [3.05, 3.63) is 51.8 Å². The number of nitrogens with zero attached hydrogens (tertiary/aromatic N) is 4. The van der Waals surface area contributed by atoms with E-state index in [1.807, 2.05) is 6.92 Å². The van der Waals surface area contributed by atoms with Crippen molar-refractivity contribution in [1.82, 2.24) is 14.7 Å². The number of anilines is 1. The standard InChI is InChI=1S/C21H25N5O6/c1-3-25-13-17(12-22-25)23-19(27)14-5-7-24(8-6-14)20(28)15-9-16(21(29)32-4-2)11-18(10-15)26(30)31/h9-14H,3-8H2,1-2H3,(H,23,27). The molecule has 0 unspecified atom stereocenters. The van der Waals surface area contributed by atoms with Gasteiger partial charge < -0.3 is 15.0 Å². The predicted octanol–water partition coefficient (Wildman–Crippen LogP) is 2.48. The van der Waals surface area contributed by atoms with E-state index in [2.05, 4.69) is 10.4 Å². The van der Waals surface area contributed by atoms with Crippen LogP contribution >= 0.6 is 0 Å². The van der Waals surface area contributed by atoms with Crippen molar-refractivity contribution in [1.29, 1.82) is 0 Å². The molecule has 0 saturated carbocycles. The number of piperidine rings is 1. The van der Waals surface area contributed by atoms with E-state index in [1.165, 1.54) is 11.0 Å². The lowest BCUT2D eigenvalue weighted by Gasteiger charge is -2.31. The average molecular weight is 443 g/mol. The first-order valence-electron chi connectivity index (χ1n) is 10.4. The number of nitro groups is 1. The van der Waals surface area contributed by atoms with Crippen molar-refractivity contribution in [3.8, 4) is 0 Å². The molecule has 1 aromatic carbocycles. The number of hydrogen-bond acceptors (Lipinski definition) is 7. The van der Waals surface area contributed by atoms with Gasteiger partial charge in [0.05, 0.1) is 29.0 Å². The van der Waals surface area contributed by atoms with E-state index in [0.29, 0.717) is 38.2 Å². The smallest absolute Gasteiger partial charge is 0.338 e. The van der Waals surface area contributed by atoms with E-state index >= 15 is 0 Å². The van der Waals surface area contributed by atoms with Gasteiger partial charge in [-0.1, -0.05) is 0 Å². The van der Waals surface area contributed by atoms with Gasteiger partial charge in [0.25, 0.3) is 11.6 Å². The summed E-state index contributed by atoms with van der Waals surface area (Å²) in [5.41, 5.74) is 0.252. The number of nitro benzene ring substituents is 1. The number of hydrogen-bond donors (Lipinski definition) is 1. The topological polar surface area (TPSA) is 137 Å². The molecule has 170 valence electrons. The number of rotatable bonds is 7. The Hall–Kier alpha value is -3.76. The number of likely N-dealkylation sites (tertiary alicyclic amines) is 1. The molecule has 0 spiro atoms. The maximum atomic E-state index is 13.0. The number of benzene rings is 1. The number of nitrogens with one attached hydrogen (secondary N) is 1. The molecule has 1 saturated heterocycles. The van der Waals surface area contributed by atoms with Crippen molar-refractivity contribution < 1.29 is 24.0 Å². The largest absolute Gasteiger partial charge is 0.462 e. The van der Waals surface area contributed by atoms with Crippen LogP contribution in [0.15, 0.2) is 30.6 Å². The first kappa shape index (κ1) is 22.9. The van der Waals surface area contributed by atoms with E-state index in [1.54, 1.807) is 24.0 Å². The fraction of sp³-hybridized carbons (Fsp3) is 0.429. The van der Waals surface area contributed by atoms with Crippen molar-refractivity contribution in [2.45, 2.75) is 33.2 Å². The molecule has 0 atom stereocenters. The molecule has 2 amide bonds. The lowest BCUT2D eigenvalue weighted by atomic mass is 9.95. The average Bonchev–Trinajstić information content (AvgIpc) is 3.26. The van der Waals surface area contributed by atoms with Gasteiger partial charge in [0.15, 0.2) is 0 Å². The number of non-ortho nitro benzene ring substituents is 1. The Morgan fingerprint density at radius 3 is 2.47 bits per heavy atom. The molecule has 0 radical (unpaired) electrons. The first-order valence-corrected chi connectivity index (χ1v) is 10.4. The van der Waals surface area contributed by atoms with Gasteiger partial charge in [0.1, 0.15) is 0 Å². The summed E-state index contributed by atoms with van der Waals surface area (Å²) in [5.74, 6) is -1.55. The van der Waals surface area contributed by atoms with E-state index < -0.39 is 16.8 Å². The third kappa shape index (κ3) is 5.29. The highest BCUT2D eigenvalue weighted by molar-refractivity contribution is 5.99. The van der Waals surface area contributed by atoms with Crippen LogP contribution < -0.4 is 5.32 Å². The van der Waals surface area contributed by atoms with Crippen LogP contribution in [0.25, 0.3) is 0 Å². The van der Waals surface area contributed by atoms with Crippen LogP contribution in [0, 0.1) is 16.0 Å². The van der Waals surface area contributed by atoms with Gasteiger partial charge in [-0.3, -0.25) is 24.4 Å². The summed E-state index contributed by atoms with van der Waals surface area (Å²) in [6.07, 6.45) is 4.25. The molecule has 0 aliphatic carbocycles. The lowest BCUT2D eigenvalue weighted by Crippen LogP contribution is -2.41. The molecule has 1 aliphatic rings. The SMILES string of the molecule is CCOC(=O)c1cc(C(=O)N2CCC(C(=O)Nc3cnn(CC)c3)CC2)cc([N+](=O)[O-])c1. The molecule has 1 fully saturated rings. The molecule has 1 aliphatic heterocycles. The van der Waals surface area contributed by atoms with Gasteiger partial charge >= 0.3 is 5.97 Å². The number of amides is 2. The molecule has 3 rings (SSSR count). The van der Waals surface area contributed by atoms with Gasteiger partial charge in [-0.25, -0.2) is 4.79 Å². The minimum Gasteiger partial charge on any atom is -0.462 e. The summed E-state index contributed by atoms with van der Waals surface area (Å²) in [4.78, 5) is 49.7. The second-order valence-corrected chi connectivity index (χ2v) is 7.39. The van der Waals surface area contributed by atoms with Crippen molar-refractivity contribution in [2.75, 3.05) is 25.0 Å². The highest BCUT2D eigenvalue weighted by atomic mass is 16.6. The molecular formula is C21H25N5O6. The summed E-state index contributed by atoms with van der Waals surface area (Å²) in [5, 5.41) is 18.2. The highest BCUT2D eigenvalue weighted by Crippen LogP contribution is 2.24. The number of carbonyl (C=O) groups excluding carboxylic acids is 3. The highest BCUT2D eigenvalue weighted by Gasteiger charge is 2.29. The van der Waals surface area contributed by atoms with Gasteiger partial charge in [-0.15, -0.1) is 0 Å². The number of aryl methyl sites for hydroxylation is 1. The molecule has 0 bridgehead atoms. The van der Waals surface area contributed by atoms with Crippen LogP contribution in [0.3, 0.4) is 0 Å². The fourth-order valence-electron chi connectivity index (χ4n) is 3.55. The molecule has 2 aromatic rings. The molecule has 1 N–H and O–H groups in total. The second-order valence-electron chi connectivity index (χ2n) is 7.39. The summed E-state index contributed by atoms with van der Waals surface area (Å²) in [6, 6.07) is 3.54. The minimum atomic E-state index is -0.730. The maximum absolute atomic E-state index is 13.0. The van der Waals surface area contributed by atoms with Crippen LogP contribution in [0.5, 0.6) is 0 Å². The van der Waals surface area contributed by atoms with Gasteiger partial charge in [0, 0.05) is 49.4 Å². The molecule has 2 heterocycles. The number of aromatic nitrogens is 2. The van der Waals surface area contributed by atoms with Gasteiger partial charge in [-0.05, 0) is 32.8 Å². The summed E-state index contributed by atoms with van der Waals surface area (Å²) in [7, 11) is 0. The van der Waals surface area contributed by atoms with Crippen LogP contribution in [-0.4, -0.2) is 57.1 Å². The Morgan fingerprint density at radius 2 is 1.88 bits per heavy atom. The van der Waals surface area contributed by atoms with E-state index in [0.717, 1.165) is 12.1 Å². The zero-order valence-corrected chi connectivity index (χ0v) is 17.9. The normalized spacial score (nSPS) is 14.1. The maximum Gasteiger partial charge on any atom is 0.338 e. The quantitative estimate of drug-likeness (QED) is 0.394. The number of ether oxygens (including phenoxy) is 1. The minimum absolute atomic E-state index is 0.0390. The zero-order valence-electron chi connectivity index (χ0n) is 17.9. The summed E-state index contributed by atoms with van der Waals surface area (Å²) >= 11 is 0. The van der Waals surface area contributed by atoms with E-state index in [9.17, 15) is 24.5 Å². The molecule has 32 heavy (non-hydrogen) atoms. The Kier molecular flexibility index (Phi) is 7.18. The van der Waals surface area contributed by atoms with Gasteiger partial charge in [0.2, 0.25) is 5.91 Å². The third-order valence-corrected chi connectivity index (χ3v) is 5.26. The Morgan fingerprint density at radius 1 is 1.19 bits per heavy atom. The second kappa shape index (κ2) is 10.0. The van der Waals surface area contributed by atoms with E-state index in [-0.39, 0.29) is 35.2 Å². The molecular weight excluding hydrogens is 418 g/mol. The van der Waals surface area contributed by atoms with Crippen molar-refractivity contribution >= 4 is 29.2 Å². The Bertz CT molecular complexity index is 1030. The lowest BCUT2D eigenvalue weighted by molar-refractivity contribution is -0.384. The molecule has 11 nitrogen and oxygen atoms in total. The summed E-state index contributed by atoms with van der Waals surface area (Å²) in [6.45, 7) is 5.02. The molecule has 11 heteroatoms. The fourth-order valence-corrected chi connectivity index (χ4v) is 3.55. The number of carbonyl (C=O) groups is 3. The van der Waals surface area contributed by atoms with Crippen LogP contribution in [0.1, 0.15) is 47.4 Å². The van der Waals surface area contributed by atoms with Crippen LogP contribution in [-0.2, 0) is 16.1 Å². The van der Waals surface area contributed by atoms with Crippen LogP contribution in [0.2, 0.25) is 0 Å². The van der Waals surface area contributed by atoms with Crippen molar-refractivity contribution in [3.63, 3.8) is 0 Å². The monoisotopic (exact) mass is 443 g/mol. The van der Waals surface area contributed by atoms with Crippen molar-refractivity contribution in [2.24, 2.45) is 5.92 Å². The Balaban J connectivity index is 1.66. The van der Waals surface area contributed by atoms with Crippen LogP contribution in [0.4, 0.5) is 11.4 Å². The first-order chi connectivity index (χ1) is 15.3. The zero-order chi connectivity index (χ0) is 23.3. The third-order valence-electron chi connectivity index (χ3n) is 5.26. The van der Waals surface area contributed by atoms with Gasteiger partial charge in [-0.2, -0.15) is 5.10 Å². The van der Waals surface area contributed by atoms with E-state index in [4.69, 9.17) is 4.74 Å². The molecule has 1 aromatic heterocycles. The predicted molar refractivity (Wildman–Crippen MR) is 114 cm³/mol. The Labute approximate surface area is 184 Å².